The highest BCUT2D eigenvalue weighted by atomic mass is 35.5. The largest absolute Gasteiger partial charge is 0.478 e. The van der Waals surface area contributed by atoms with E-state index in [1.54, 1.807) is 12.1 Å². The van der Waals surface area contributed by atoms with Crippen molar-refractivity contribution in [1.82, 2.24) is 4.98 Å². The summed E-state index contributed by atoms with van der Waals surface area (Å²) in [5.41, 5.74) is 1.74. The fourth-order valence-electron chi connectivity index (χ4n) is 1.80. The molecule has 1 aromatic carbocycles. The van der Waals surface area contributed by atoms with Gasteiger partial charge in [0.05, 0.1) is 17.7 Å². The van der Waals surface area contributed by atoms with Crippen molar-refractivity contribution in [2.24, 2.45) is 0 Å². The van der Waals surface area contributed by atoms with Gasteiger partial charge in [0.25, 0.3) is 0 Å². The fourth-order valence-corrected chi connectivity index (χ4v) is 1.96. The third-order valence-corrected chi connectivity index (χ3v) is 3.08. The third kappa shape index (κ3) is 7.86. The molecule has 0 aliphatic carbocycles. The van der Waals surface area contributed by atoms with Gasteiger partial charge < -0.3 is 5.11 Å². The van der Waals surface area contributed by atoms with Crippen LogP contribution in [0.5, 0.6) is 0 Å². The number of pyridine rings is 1. The van der Waals surface area contributed by atoms with Gasteiger partial charge in [-0.25, -0.2) is 9.78 Å². The first-order chi connectivity index (χ1) is 11.5. The van der Waals surface area contributed by atoms with Gasteiger partial charge in [0.15, 0.2) is 5.78 Å². The molecule has 0 spiro atoms. The van der Waals surface area contributed by atoms with Crippen molar-refractivity contribution < 1.29 is 32.2 Å². The topological polar surface area (TPSA) is 142 Å². The summed E-state index contributed by atoms with van der Waals surface area (Å²) in [7, 11) is -4.67. The van der Waals surface area contributed by atoms with Crippen molar-refractivity contribution in [2.45, 2.75) is 13.3 Å². The standard InChI is InChI=1S/C15H12ClNO3.H2O4S/c1-9-2-4-10(5-3-9)13(18)8-12-11(15(19)20)6-7-14(16)17-12;1-5(2,3)4/h2-7H,8H2,1H3,(H,19,20);(H2,1,2,3,4). The Morgan fingerprint density at radius 3 is 2.08 bits per heavy atom. The normalized spacial score (nSPS) is 10.6. The highest BCUT2D eigenvalue weighted by molar-refractivity contribution is 7.79. The molecular formula is C15H14ClNO7S. The van der Waals surface area contributed by atoms with Gasteiger partial charge in [-0.3, -0.25) is 13.9 Å². The van der Waals surface area contributed by atoms with Crippen LogP contribution >= 0.6 is 11.6 Å². The van der Waals surface area contributed by atoms with Crippen molar-refractivity contribution in [3.8, 4) is 0 Å². The van der Waals surface area contributed by atoms with Crippen LogP contribution in [0, 0.1) is 6.92 Å². The molecule has 0 amide bonds. The van der Waals surface area contributed by atoms with E-state index >= 15 is 0 Å². The van der Waals surface area contributed by atoms with Crippen LogP contribution in [0.3, 0.4) is 0 Å². The quantitative estimate of drug-likeness (QED) is 0.412. The van der Waals surface area contributed by atoms with E-state index in [1.165, 1.54) is 12.1 Å². The molecule has 8 nitrogen and oxygen atoms in total. The molecule has 0 saturated carbocycles. The number of hydrogen-bond acceptors (Lipinski definition) is 5. The minimum atomic E-state index is -4.67. The van der Waals surface area contributed by atoms with Crippen LogP contribution < -0.4 is 0 Å². The number of aryl methyl sites for hydroxylation is 1. The number of aromatic carboxylic acids is 1. The first-order valence-corrected chi connectivity index (χ1v) is 8.43. The number of carboxylic acid groups (broad SMARTS) is 1. The maximum atomic E-state index is 12.1. The number of nitrogens with zero attached hydrogens (tertiary/aromatic N) is 1. The molecule has 3 N–H and O–H groups in total. The molecule has 0 fully saturated rings. The molecule has 2 aromatic rings. The second-order valence-corrected chi connectivity index (χ2v) is 6.13. The van der Waals surface area contributed by atoms with E-state index in [0.717, 1.165) is 5.56 Å². The molecule has 0 unspecified atom stereocenters. The van der Waals surface area contributed by atoms with Crippen molar-refractivity contribution in [3.63, 3.8) is 0 Å². The molecule has 0 aliphatic heterocycles. The van der Waals surface area contributed by atoms with Gasteiger partial charge in [0.1, 0.15) is 5.15 Å². The third-order valence-electron chi connectivity index (χ3n) is 2.87. The van der Waals surface area contributed by atoms with Crippen molar-refractivity contribution >= 4 is 33.8 Å². The Labute approximate surface area is 148 Å². The molecule has 134 valence electrons. The number of carboxylic acids is 1. The van der Waals surface area contributed by atoms with Crippen LogP contribution in [0.1, 0.15) is 32.0 Å². The van der Waals surface area contributed by atoms with E-state index in [-0.39, 0.29) is 28.6 Å². The molecule has 0 saturated heterocycles. The van der Waals surface area contributed by atoms with Crippen LogP contribution in [-0.2, 0) is 16.8 Å². The van der Waals surface area contributed by atoms with Crippen LogP contribution in [-0.4, -0.2) is 39.4 Å². The predicted molar refractivity (Wildman–Crippen MR) is 89.6 cm³/mol. The van der Waals surface area contributed by atoms with Gasteiger partial charge >= 0.3 is 16.4 Å². The molecule has 2 rings (SSSR count). The van der Waals surface area contributed by atoms with Gasteiger partial charge in [-0.1, -0.05) is 41.4 Å². The summed E-state index contributed by atoms with van der Waals surface area (Å²) in [6.07, 6.45) is -0.0920. The van der Waals surface area contributed by atoms with E-state index in [1.807, 2.05) is 19.1 Å². The van der Waals surface area contributed by atoms with E-state index < -0.39 is 16.4 Å². The lowest BCUT2D eigenvalue weighted by Crippen LogP contribution is -2.11. The summed E-state index contributed by atoms with van der Waals surface area (Å²) >= 11 is 5.76. The molecule has 0 aliphatic rings. The minimum absolute atomic E-state index is 0.00476. The molecule has 25 heavy (non-hydrogen) atoms. The molecule has 1 aromatic heterocycles. The summed E-state index contributed by atoms with van der Waals surface area (Å²) in [4.78, 5) is 27.2. The predicted octanol–water partition coefficient (Wildman–Crippen LogP) is 2.51. The van der Waals surface area contributed by atoms with Crippen molar-refractivity contribution in [2.75, 3.05) is 0 Å². The van der Waals surface area contributed by atoms with E-state index in [2.05, 4.69) is 4.98 Å². The SMILES string of the molecule is Cc1ccc(C(=O)Cc2nc(Cl)ccc2C(=O)O)cc1.O=S(=O)(O)O. The van der Waals surface area contributed by atoms with Gasteiger partial charge in [-0.05, 0) is 19.1 Å². The number of rotatable bonds is 4. The molecule has 0 bridgehead atoms. The zero-order valence-electron chi connectivity index (χ0n) is 12.9. The number of hydrogen-bond donors (Lipinski definition) is 3. The van der Waals surface area contributed by atoms with E-state index in [0.29, 0.717) is 5.56 Å². The van der Waals surface area contributed by atoms with Gasteiger partial charge in [0, 0.05) is 5.56 Å². The molecule has 10 heteroatoms. The highest BCUT2D eigenvalue weighted by Crippen LogP contribution is 2.15. The molecule has 0 atom stereocenters. The maximum absolute atomic E-state index is 12.1. The zero-order valence-corrected chi connectivity index (χ0v) is 14.5. The summed E-state index contributed by atoms with van der Waals surface area (Å²) in [6, 6.07) is 9.83. The number of carbonyl (C=O) groups excluding carboxylic acids is 1. The summed E-state index contributed by atoms with van der Waals surface area (Å²) in [5.74, 6) is -1.32. The Bertz CT molecular complexity index is 871. The number of aromatic nitrogens is 1. The van der Waals surface area contributed by atoms with Gasteiger partial charge in [-0.15, -0.1) is 0 Å². The van der Waals surface area contributed by atoms with Crippen LogP contribution in [0.25, 0.3) is 0 Å². The smallest absolute Gasteiger partial charge is 0.394 e. The Morgan fingerprint density at radius 2 is 1.60 bits per heavy atom. The molecule has 0 radical (unpaired) electrons. The Kier molecular flexibility index (Phi) is 7.19. The summed E-state index contributed by atoms with van der Waals surface area (Å²) in [6.45, 7) is 1.93. The average molecular weight is 388 g/mol. The summed E-state index contributed by atoms with van der Waals surface area (Å²) < 4.78 is 31.6. The lowest BCUT2D eigenvalue weighted by atomic mass is 10.0. The number of carbonyl (C=O) groups is 2. The zero-order chi connectivity index (χ0) is 19.2. The first kappa shape index (κ1) is 20.7. The Hall–Kier alpha value is -2.33. The second-order valence-electron chi connectivity index (χ2n) is 4.85. The van der Waals surface area contributed by atoms with Gasteiger partial charge in [0.2, 0.25) is 0 Å². The van der Waals surface area contributed by atoms with E-state index in [4.69, 9.17) is 34.2 Å². The molecular weight excluding hydrogens is 374 g/mol. The van der Waals surface area contributed by atoms with Crippen LogP contribution in [0.4, 0.5) is 0 Å². The monoisotopic (exact) mass is 387 g/mol. The first-order valence-electron chi connectivity index (χ1n) is 6.66. The lowest BCUT2D eigenvalue weighted by molar-refractivity contribution is 0.0695. The van der Waals surface area contributed by atoms with Crippen molar-refractivity contribution in [1.29, 1.82) is 0 Å². The minimum Gasteiger partial charge on any atom is -0.478 e. The summed E-state index contributed by atoms with van der Waals surface area (Å²) in [5, 5.41) is 9.25. The highest BCUT2D eigenvalue weighted by Gasteiger charge is 2.16. The maximum Gasteiger partial charge on any atom is 0.394 e. The number of benzene rings is 1. The van der Waals surface area contributed by atoms with Crippen molar-refractivity contribution in [3.05, 3.63) is 63.9 Å². The fraction of sp³-hybridized carbons (Fsp3) is 0.133. The second kappa shape index (κ2) is 8.67. The lowest BCUT2D eigenvalue weighted by Gasteiger charge is -2.05. The Balaban J connectivity index is 0.000000550. The number of halogens is 1. The average Bonchev–Trinajstić information content (AvgIpc) is 2.45. The number of ketones is 1. The van der Waals surface area contributed by atoms with Gasteiger partial charge in [-0.2, -0.15) is 8.42 Å². The van der Waals surface area contributed by atoms with E-state index in [9.17, 15) is 9.59 Å². The Morgan fingerprint density at radius 1 is 1.08 bits per heavy atom. The molecule has 1 heterocycles. The van der Waals surface area contributed by atoms with Crippen LogP contribution in [0.2, 0.25) is 5.15 Å². The number of Topliss-reactive ketones (excluding diaryl/α,β-unsaturated/α-hetero) is 1. The van der Waals surface area contributed by atoms with Crippen LogP contribution in [0.15, 0.2) is 36.4 Å².